The van der Waals surface area contributed by atoms with E-state index in [0.717, 1.165) is 71.7 Å². The van der Waals surface area contributed by atoms with Crippen LogP contribution >= 0.6 is 11.3 Å². The standard InChI is InChI=1S/C51H30N4OS/c1-3-12-31(13-4-1)32-22-24-33(25-23-32)49-52-50(54-51(53-49)38-18-11-21-47-48(38)37-17-8-10-20-46(37)57-47)34-26-27-44-40(28-34)41-29-43-39(30-45(41)56-44)36-16-7-9-19-42(36)55(43)35-14-5-2-6-15-35/h1-30H. The number of thiophene rings is 1. The Morgan fingerprint density at radius 2 is 1.02 bits per heavy atom. The van der Waals surface area contributed by atoms with Crippen LogP contribution in [0.15, 0.2) is 186 Å². The minimum Gasteiger partial charge on any atom is -0.456 e. The quantitative estimate of drug-likeness (QED) is 0.176. The van der Waals surface area contributed by atoms with Crippen LogP contribution in [0.1, 0.15) is 0 Å². The van der Waals surface area contributed by atoms with E-state index < -0.39 is 0 Å². The van der Waals surface area contributed by atoms with E-state index in [-0.39, 0.29) is 0 Å². The fourth-order valence-corrected chi connectivity index (χ4v) is 9.52. The molecule has 4 aromatic heterocycles. The molecule has 0 bridgehead atoms. The highest BCUT2D eigenvalue weighted by Crippen LogP contribution is 2.42. The normalized spacial score (nSPS) is 11.9. The van der Waals surface area contributed by atoms with E-state index in [1.54, 1.807) is 11.3 Å². The van der Waals surface area contributed by atoms with Crippen LogP contribution in [0.4, 0.5) is 0 Å². The Morgan fingerprint density at radius 3 is 1.86 bits per heavy atom. The average Bonchev–Trinajstić information content (AvgIpc) is 3.95. The molecule has 4 heterocycles. The van der Waals surface area contributed by atoms with E-state index in [9.17, 15) is 0 Å². The highest BCUT2D eigenvalue weighted by atomic mass is 32.1. The zero-order valence-corrected chi connectivity index (χ0v) is 31.2. The van der Waals surface area contributed by atoms with Crippen LogP contribution in [-0.2, 0) is 0 Å². The molecule has 12 rings (SSSR count). The second kappa shape index (κ2) is 12.6. The van der Waals surface area contributed by atoms with Crippen molar-refractivity contribution < 1.29 is 4.42 Å². The molecular weight excluding hydrogens is 717 g/mol. The number of fused-ring (bicyclic) bond motifs is 9. The van der Waals surface area contributed by atoms with E-state index >= 15 is 0 Å². The van der Waals surface area contributed by atoms with E-state index in [4.69, 9.17) is 19.4 Å². The summed E-state index contributed by atoms with van der Waals surface area (Å²) >= 11 is 1.79. The average molecular weight is 747 g/mol. The number of furan rings is 1. The maximum absolute atomic E-state index is 6.57. The summed E-state index contributed by atoms with van der Waals surface area (Å²) in [5.74, 6) is 1.87. The molecule has 0 N–H and O–H groups in total. The van der Waals surface area contributed by atoms with Crippen molar-refractivity contribution in [1.29, 1.82) is 0 Å². The number of hydrogen-bond acceptors (Lipinski definition) is 5. The lowest BCUT2D eigenvalue weighted by Gasteiger charge is -2.10. The molecule has 0 saturated carbocycles. The van der Waals surface area contributed by atoms with Gasteiger partial charge in [-0.2, -0.15) is 0 Å². The molecule has 0 amide bonds. The summed E-state index contributed by atoms with van der Waals surface area (Å²) in [6.07, 6.45) is 0. The highest BCUT2D eigenvalue weighted by molar-refractivity contribution is 7.25. The molecule has 57 heavy (non-hydrogen) atoms. The maximum atomic E-state index is 6.57. The first kappa shape index (κ1) is 31.9. The number of hydrogen-bond donors (Lipinski definition) is 0. The fraction of sp³-hybridized carbons (Fsp3) is 0. The molecule has 0 radical (unpaired) electrons. The first-order chi connectivity index (χ1) is 28.2. The summed E-state index contributed by atoms with van der Waals surface area (Å²) < 4.78 is 11.4. The van der Waals surface area contributed by atoms with E-state index in [0.29, 0.717) is 17.5 Å². The molecule has 0 fully saturated rings. The predicted molar refractivity (Wildman–Crippen MR) is 236 cm³/mol. The predicted octanol–water partition coefficient (Wildman–Crippen LogP) is 13.9. The third-order valence-electron chi connectivity index (χ3n) is 11.1. The zero-order chi connectivity index (χ0) is 37.5. The molecule has 6 heteroatoms. The fourth-order valence-electron chi connectivity index (χ4n) is 8.39. The van der Waals surface area contributed by atoms with Gasteiger partial charge >= 0.3 is 0 Å². The summed E-state index contributed by atoms with van der Waals surface area (Å²) in [6.45, 7) is 0. The first-order valence-corrected chi connectivity index (χ1v) is 19.8. The first-order valence-electron chi connectivity index (χ1n) is 19.0. The van der Waals surface area contributed by atoms with Gasteiger partial charge in [-0.05, 0) is 71.8 Å². The molecule has 0 aliphatic carbocycles. The Kier molecular flexibility index (Phi) is 7.03. The Balaban J connectivity index is 1.07. The molecule has 5 nitrogen and oxygen atoms in total. The molecule has 0 aliphatic rings. The lowest BCUT2D eigenvalue weighted by molar-refractivity contribution is 0.669. The van der Waals surface area contributed by atoms with Crippen LogP contribution in [-0.4, -0.2) is 19.5 Å². The molecule has 266 valence electrons. The van der Waals surface area contributed by atoms with E-state index in [1.165, 1.54) is 25.7 Å². The monoisotopic (exact) mass is 746 g/mol. The lowest BCUT2D eigenvalue weighted by atomic mass is 10.0. The van der Waals surface area contributed by atoms with Gasteiger partial charge in [-0.3, -0.25) is 0 Å². The molecule has 12 aromatic rings. The van der Waals surface area contributed by atoms with Crippen molar-refractivity contribution >= 4 is 75.3 Å². The zero-order valence-electron chi connectivity index (χ0n) is 30.4. The summed E-state index contributed by atoms with van der Waals surface area (Å²) in [5.41, 5.74) is 10.2. The minimum atomic E-state index is 0.606. The number of nitrogens with zero attached hydrogens (tertiary/aromatic N) is 4. The number of para-hydroxylation sites is 2. The van der Waals surface area contributed by atoms with Crippen molar-refractivity contribution in [2.45, 2.75) is 0 Å². The number of rotatable bonds is 5. The van der Waals surface area contributed by atoms with Crippen molar-refractivity contribution in [3.8, 4) is 51.0 Å². The van der Waals surface area contributed by atoms with Crippen LogP contribution in [0.25, 0.3) is 115 Å². The van der Waals surface area contributed by atoms with Gasteiger partial charge in [0.25, 0.3) is 0 Å². The van der Waals surface area contributed by atoms with Gasteiger partial charge in [-0.1, -0.05) is 121 Å². The van der Waals surface area contributed by atoms with Gasteiger partial charge in [0.1, 0.15) is 11.2 Å². The smallest absolute Gasteiger partial charge is 0.164 e. The van der Waals surface area contributed by atoms with Crippen LogP contribution in [0.2, 0.25) is 0 Å². The molecule has 0 unspecified atom stereocenters. The maximum Gasteiger partial charge on any atom is 0.164 e. The molecule has 0 spiro atoms. The van der Waals surface area contributed by atoms with Gasteiger partial charge in [0, 0.05) is 64.1 Å². The van der Waals surface area contributed by atoms with Crippen LogP contribution < -0.4 is 0 Å². The summed E-state index contributed by atoms with van der Waals surface area (Å²) in [4.78, 5) is 15.6. The van der Waals surface area contributed by atoms with Crippen molar-refractivity contribution in [1.82, 2.24) is 19.5 Å². The van der Waals surface area contributed by atoms with Gasteiger partial charge in [-0.15, -0.1) is 11.3 Å². The molecule has 0 aliphatic heterocycles. The van der Waals surface area contributed by atoms with Crippen molar-refractivity contribution in [2.24, 2.45) is 0 Å². The van der Waals surface area contributed by atoms with E-state index in [1.807, 2.05) is 12.1 Å². The van der Waals surface area contributed by atoms with Crippen molar-refractivity contribution in [3.63, 3.8) is 0 Å². The van der Waals surface area contributed by atoms with Gasteiger partial charge < -0.3 is 8.98 Å². The van der Waals surface area contributed by atoms with E-state index in [2.05, 4.69) is 174 Å². The Morgan fingerprint density at radius 1 is 0.386 bits per heavy atom. The number of aromatic nitrogens is 4. The summed E-state index contributed by atoms with van der Waals surface area (Å²) in [5, 5.41) is 6.76. The lowest BCUT2D eigenvalue weighted by Crippen LogP contribution is -2.00. The van der Waals surface area contributed by atoms with Crippen LogP contribution in [0, 0.1) is 0 Å². The SMILES string of the molecule is c1ccc(-c2ccc(-c3nc(-c4ccc5oc6cc7c8ccccc8n(-c8ccccc8)c7cc6c5c4)nc(-c4cccc5sc6ccccc6c45)n3)cc2)cc1. The molecule has 0 atom stereocenters. The van der Waals surface area contributed by atoms with Crippen molar-refractivity contribution in [3.05, 3.63) is 182 Å². The molecule has 8 aromatic carbocycles. The Bertz CT molecular complexity index is 3510. The third kappa shape index (κ3) is 5.12. The van der Waals surface area contributed by atoms with Gasteiger partial charge in [0.05, 0.1) is 11.0 Å². The topological polar surface area (TPSA) is 56.7 Å². The largest absolute Gasteiger partial charge is 0.456 e. The number of benzene rings is 8. The Hall–Kier alpha value is -7.41. The molecular formula is C51H30N4OS. The highest BCUT2D eigenvalue weighted by Gasteiger charge is 2.20. The van der Waals surface area contributed by atoms with Crippen LogP contribution in [0.5, 0.6) is 0 Å². The Labute approximate surface area is 330 Å². The molecule has 0 saturated heterocycles. The summed E-state index contributed by atoms with van der Waals surface area (Å²) in [6, 6.07) is 63.8. The third-order valence-corrected chi connectivity index (χ3v) is 12.2. The minimum absolute atomic E-state index is 0.606. The second-order valence-corrected chi connectivity index (χ2v) is 15.5. The van der Waals surface area contributed by atoms with Gasteiger partial charge in [0.15, 0.2) is 17.5 Å². The van der Waals surface area contributed by atoms with Gasteiger partial charge in [0.2, 0.25) is 0 Å². The van der Waals surface area contributed by atoms with Gasteiger partial charge in [-0.25, -0.2) is 15.0 Å². The van der Waals surface area contributed by atoms with Crippen LogP contribution in [0.3, 0.4) is 0 Å². The second-order valence-electron chi connectivity index (χ2n) is 14.4. The van der Waals surface area contributed by atoms with Crippen molar-refractivity contribution in [2.75, 3.05) is 0 Å². The summed E-state index contributed by atoms with van der Waals surface area (Å²) in [7, 11) is 0.